The predicted octanol–water partition coefficient (Wildman–Crippen LogP) is -0.127. The summed E-state index contributed by atoms with van der Waals surface area (Å²) >= 11 is 0. The SMILES string of the molecule is CCC(NC(=O)N1CCC(CO)C1)C(=O)O. The Morgan fingerprint density at radius 3 is 2.69 bits per heavy atom. The molecule has 0 radical (unpaired) electrons. The zero-order valence-corrected chi connectivity index (χ0v) is 9.35. The van der Waals surface area contributed by atoms with Gasteiger partial charge in [-0.15, -0.1) is 0 Å². The summed E-state index contributed by atoms with van der Waals surface area (Å²) in [5.41, 5.74) is 0. The van der Waals surface area contributed by atoms with Crippen molar-refractivity contribution in [1.29, 1.82) is 0 Å². The van der Waals surface area contributed by atoms with Crippen molar-refractivity contribution >= 4 is 12.0 Å². The molecular formula is C10H18N2O4. The van der Waals surface area contributed by atoms with Gasteiger partial charge in [0, 0.05) is 25.6 Å². The summed E-state index contributed by atoms with van der Waals surface area (Å²) in [4.78, 5) is 23.9. The normalized spacial score (nSPS) is 21.9. The Bertz CT molecular complexity index is 270. The zero-order valence-electron chi connectivity index (χ0n) is 9.35. The first-order chi connectivity index (χ1) is 7.58. The van der Waals surface area contributed by atoms with Crippen molar-refractivity contribution in [1.82, 2.24) is 10.2 Å². The number of aliphatic hydroxyl groups is 1. The topological polar surface area (TPSA) is 89.9 Å². The molecule has 0 aromatic rings. The molecule has 2 unspecified atom stereocenters. The number of aliphatic hydroxyl groups excluding tert-OH is 1. The van der Waals surface area contributed by atoms with Crippen LogP contribution in [0, 0.1) is 5.92 Å². The number of carboxylic acids is 1. The fraction of sp³-hybridized carbons (Fsp3) is 0.800. The molecule has 1 fully saturated rings. The third-order valence-electron chi connectivity index (χ3n) is 2.84. The van der Waals surface area contributed by atoms with E-state index in [0.29, 0.717) is 19.5 Å². The number of likely N-dealkylation sites (tertiary alicyclic amines) is 1. The molecule has 0 bridgehead atoms. The highest BCUT2D eigenvalue weighted by Gasteiger charge is 2.28. The lowest BCUT2D eigenvalue weighted by Crippen LogP contribution is -2.47. The first-order valence-electron chi connectivity index (χ1n) is 5.47. The highest BCUT2D eigenvalue weighted by Crippen LogP contribution is 2.15. The quantitative estimate of drug-likeness (QED) is 0.627. The molecule has 2 amide bonds. The van der Waals surface area contributed by atoms with Gasteiger partial charge < -0.3 is 20.4 Å². The van der Waals surface area contributed by atoms with E-state index >= 15 is 0 Å². The molecule has 0 aromatic carbocycles. The molecular weight excluding hydrogens is 212 g/mol. The first-order valence-corrected chi connectivity index (χ1v) is 5.47. The number of carbonyl (C=O) groups is 2. The summed E-state index contributed by atoms with van der Waals surface area (Å²) in [5, 5.41) is 20.2. The molecule has 0 saturated carbocycles. The fourth-order valence-corrected chi connectivity index (χ4v) is 1.74. The van der Waals surface area contributed by atoms with Gasteiger partial charge in [0.2, 0.25) is 0 Å². The standard InChI is InChI=1S/C10H18N2O4/c1-2-8(9(14)15)11-10(16)12-4-3-7(5-12)6-13/h7-8,13H,2-6H2,1H3,(H,11,16)(H,14,15). The number of hydrogen-bond donors (Lipinski definition) is 3. The monoisotopic (exact) mass is 230 g/mol. The van der Waals surface area contributed by atoms with Crippen LogP contribution in [0.4, 0.5) is 4.79 Å². The van der Waals surface area contributed by atoms with E-state index in [1.165, 1.54) is 0 Å². The molecule has 1 aliphatic rings. The van der Waals surface area contributed by atoms with E-state index in [1.54, 1.807) is 11.8 Å². The van der Waals surface area contributed by atoms with E-state index in [-0.39, 0.29) is 18.6 Å². The highest BCUT2D eigenvalue weighted by molar-refractivity contribution is 5.82. The van der Waals surface area contributed by atoms with E-state index in [4.69, 9.17) is 10.2 Å². The van der Waals surface area contributed by atoms with Crippen LogP contribution in [-0.4, -0.2) is 52.9 Å². The van der Waals surface area contributed by atoms with Crippen molar-refractivity contribution in [3.05, 3.63) is 0 Å². The minimum atomic E-state index is -1.02. The third kappa shape index (κ3) is 3.10. The zero-order chi connectivity index (χ0) is 12.1. The van der Waals surface area contributed by atoms with E-state index in [9.17, 15) is 9.59 Å². The number of nitrogens with one attached hydrogen (secondary N) is 1. The van der Waals surface area contributed by atoms with Gasteiger partial charge in [-0.3, -0.25) is 0 Å². The van der Waals surface area contributed by atoms with Crippen molar-refractivity contribution in [2.24, 2.45) is 5.92 Å². The average molecular weight is 230 g/mol. The number of urea groups is 1. The molecule has 0 aromatic heterocycles. The molecule has 2 atom stereocenters. The number of rotatable bonds is 4. The van der Waals surface area contributed by atoms with E-state index in [0.717, 1.165) is 6.42 Å². The third-order valence-corrected chi connectivity index (χ3v) is 2.84. The fourth-order valence-electron chi connectivity index (χ4n) is 1.74. The lowest BCUT2D eigenvalue weighted by atomic mass is 10.1. The van der Waals surface area contributed by atoms with Gasteiger partial charge in [-0.2, -0.15) is 0 Å². The molecule has 1 heterocycles. The lowest BCUT2D eigenvalue weighted by molar-refractivity contribution is -0.139. The molecule has 16 heavy (non-hydrogen) atoms. The molecule has 92 valence electrons. The van der Waals surface area contributed by atoms with E-state index < -0.39 is 12.0 Å². The van der Waals surface area contributed by atoms with Crippen LogP contribution in [0.2, 0.25) is 0 Å². The maximum atomic E-state index is 11.7. The Morgan fingerprint density at radius 2 is 2.25 bits per heavy atom. The maximum Gasteiger partial charge on any atom is 0.326 e. The van der Waals surface area contributed by atoms with Gasteiger partial charge in [0.25, 0.3) is 0 Å². The van der Waals surface area contributed by atoms with Crippen LogP contribution in [-0.2, 0) is 4.79 Å². The maximum absolute atomic E-state index is 11.7. The predicted molar refractivity (Wildman–Crippen MR) is 57.0 cm³/mol. The van der Waals surface area contributed by atoms with Crippen LogP contribution in [0.1, 0.15) is 19.8 Å². The first kappa shape index (κ1) is 12.8. The van der Waals surface area contributed by atoms with Gasteiger partial charge in [-0.05, 0) is 12.8 Å². The molecule has 6 nitrogen and oxygen atoms in total. The molecule has 1 saturated heterocycles. The van der Waals surface area contributed by atoms with Gasteiger partial charge in [-0.25, -0.2) is 9.59 Å². The molecule has 0 spiro atoms. The van der Waals surface area contributed by atoms with Crippen LogP contribution in [0.15, 0.2) is 0 Å². The summed E-state index contributed by atoms with van der Waals surface area (Å²) < 4.78 is 0. The Labute approximate surface area is 94.2 Å². The lowest BCUT2D eigenvalue weighted by Gasteiger charge is -2.20. The molecule has 1 rings (SSSR count). The molecule has 1 aliphatic heterocycles. The second kappa shape index (κ2) is 5.69. The van der Waals surface area contributed by atoms with Crippen LogP contribution >= 0.6 is 0 Å². The van der Waals surface area contributed by atoms with E-state index in [1.807, 2.05) is 0 Å². The Morgan fingerprint density at radius 1 is 1.56 bits per heavy atom. The second-order valence-electron chi connectivity index (χ2n) is 4.03. The Balaban J connectivity index is 2.43. The summed E-state index contributed by atoms with van der Waals surface area (Å²) in [6, 6.07) is -1.19. The van der Waals surface area contributed by atoms with E-state index in [2.05, 4.69) is 5.32 Å². The van der Waals surface area contributed by atoms with Crippen LogP contribution in [0.5, 0.6) is 0 Å². The van der Waals surface area contributed by atoms with Crippen LogP contribution in [0.3, 0.4) is 0 Å². The number of carbonyl (C=O) groups excluding carboxylic acids is 1. The van der Waals surface area contributed by atoms with Crippen LogP contribution < -0.4 is 5.32 Å². The largest absolute Gasteiger partial charge is 0.480 e. The number of aliphatic carboxylic acids is 1. The summed E-state index contributed by atoms with van der Waals surface area (Å²) in [6.07, 6.45) is 1.13. The Hall–Kier alpha value is -1.30. The number of carboxylic acid groups (broad SMARTS) is 1. The summed E-state index contributed by atoms with van der Waals surface area (Å²) in [5.74, 6) is -0.899. The van der Waals surface area contributed by atoms with Crippen LogP contribution in [0.25, 0.3) is 0 Å². The number of nitrogens with zero attached hydrogens (tertiary/aromatic N) is 1. The summed E-state index contributed by atoms with van der Waals surface area (Å²) in [6.45, 7) is 2.85. The van der Waals surface area contributed by atoms with Gasteiger partial charge in [-0.1, -0.05) is 6.92 Å². The second-order valence-corrected chi connectivity index (χ2v) is 4.03. The van der Waals surface area contributed by atoms with Crippen molar-refractivity contribution in [2.75, 3.05) is 19.7 Å². The molecule has 3 N–H and O–H groups in total. The van der Waals surface area contributed by atoms with Crippen molar-refractivity contribution < 1.29 is 19.8 Å². The number of hydrogen-bond acceptors (Lipinski definition) is 3. The van der Waals surface area contributed by atoms with Crippen molar-refractivity contribution in [2.45, 2.75) is 25.8 Å². The summed E-state index contributed by atoms with van der Waals surface area (Å²) in [7, 11) is 0. The van der Waals surface area contributed by atoms with Gasteiger partial charge in [0.05, 0.1) is 0 Å². The smallest absolute Gasteiger partial charge is 0.326 e. The minimum Gasteiger partial charge on any atom is -0.480 e. The number of amides is 2. The highest BCUT2D eigenvalue weighted by atomic mass is 16.4. The minimum absolute atomic E-state index is 0.0694. The Kier molecular flexibility index (Phi) is 4.54. The van der Waals surface area contributed by atoms with Crippen molar-refractivity contribution in [3.8, 4) is 0 Å². The van der Waals surface area contributed by atoms with Gasteiger partial charge in [0.15, 0.2) is 0 Å². The van der Waals surface area contributed by atoms with Gasteiger partial charge in [0.1, 0.15) is 6.04 Å². The molecule has 0 aliphatic carbocycles. The molecule has 6 heteroatoms. The average Bonchev–Trinajstić information content (AvgIpc) is 2.73. The van der Waals surface area contributed by atoms with Gasteiger partial charge >= 0.3 is 12.0 Å². The van der Waals surface area contributed by atoms with Crippen molar-refractivity contribution in [3.63, 3.8) is 0 Å².